The van der Waals surface area contributed by atoms with Gasteiger partial charge in [-0.3, -0.25) is 4.79 Å². The highest BCUT2D eigenvalue weighted by molar-refractivity contribution is 7.17. The third-order valence-corrected chi connectivity index (χ3v) is 8.80. The molecule has 0 radical (unpaired) electrons. The van der Waals surface area contributed by atoms with Gasteiger partial charge in [0.1, 0.15) is 0 Å². The highest BCUT2D eigenvalue weighted by Crippen LogP contribution is 2.35. The Bertz CT molecular complexity index is 886. The zero-order valence-corrected chi connectivity index (χ0v) is 19.6. The van der Waals surface area contributed by atoms with Crippen LogP contribution in [0, 0.1) is 6.92 Å². The van der Waals surface area contributed by atoms with Gasteiger partial charge in [0.25, 0.3) is 5.91 Å². The van der Waals surface area contributed by atoms with E-state index in [0.29, 0.717) is 5.92 Å². The fourth-order valence-electron chi connectivity index (χ4n) is 5.59. The first-order valence-corrected chi connectivity index (χ1v) is 13.0. The molecular weight excluding hydrogens is 402 g/mol. The molecule has 1 aromatic carbocycles. The van der Waals surface area contributed by atoms with Gasteiger partial charge in [0.2, 0.25) is 0 Å². The fraction of sp³-hybridized carbons (Fsp3) is 0.577. The number of hydrogen-bond donors (Lipinski definition) is 1. The Kier molecular flexibility index (Phi) is 6.44. The van der Waals surface area contributed by atoms with Crippen molar-refractivity contribution in [3.63, 3.8) is 0 Å². The minimum absolute atomic E-state index is 0.225. The molecule has 5 rings (SSSR count). The molecule has 0 saturated carbocycles. The van der Waals surface area contributed by atoms with Crippen LogP contribution in [0.25, 0.3) is 10.4 Å². The van der Waals surface area contributed by atoms with E-state index >= 15 is 0 Å². The second kappa shape index (κ2) is 9.43. The summed E-state index contributed by atoms with van der Waals surface area (Å²) < 4.78 is 0. The molecule has 2 aromatic rings. The maximum atomic E-state index is 12.8. The number of benzene rings is 1. The van der Waals surface area contributed by atoms with E-state index in [9.17, 15) is 4.79 Å². The van der Waals surface area contributed by atoms with Gasteiger partial charge in [-0.15, -0.1) is 11.3 Å². The molecule has 0 bridgehead atoms. The van der Waals surface area contributed by atoms with Crippen LogP contribution in [0.15, 0.2) is 30.3 Å². The Labute approximate surface area is 190 Å². The topological polar surface area (TPSA) is 35.6 Å². The van der Waals surface area contributed by atoms with Gasteiger partial charge >= 0.3 is 0 Å². The zero-order chi connectivity index (χ0) is 21.2. The van der Waals surface area contributed by atoms with Crippen LogP contribution < -0.4 is 5.32 Å². The Morgan fingerprint density at radius 3 is 2.32 bits per heavy atom. The van der Waals surface area contributed by atoms with Crippen molar-refractivity contribution >= 4 is 17.2 Å². The van der Waals surface area contributed by atoms with Crippen molar-refractivity contribution in [2.75, 3.05) is 39.3 Å². The number of likely N-dealkylation sites (tertiary alicyclic amines) is 2. The molecule has 5 heteroatoms. The van der Waals surface area contributed by atoms with E-state index < -0.39 is 0 Å². The molecule has 1 amide bonds. The van der Waals surface area contributed by atoms with E-state index in [4.69, 9.17) is 0 Å². The number of rotatable bonds is 4. The molecule has 4 nitrogen and oxygen atoms in total. The fourth-order valence-corrected chi connectivity index (χ4v) is 6.74. The molecule has 3 aliphatic heterocycles. The summed E-state index contributed by atoms with van der Waals surface area (Å²) in [7, 11) is 0. The Hall–Kier alpha value is -1.69. The van der Waals surface area contributed by atoms with Crippen LogP contribution in [0.2, 0.25) is 0 Å². The molecule has 1 N–H and O–H groups in total. The van der Waals surface area contributed by atoms with E-state index in [1.54, 1.807) is 11.3 Å². The number of carbonyl (C=O) groups is 1. The molecule has 3 aliphatic rings. The van der Waals surface area contributed by atoms with Crippen LogP contribution in [0.3, 0.4) is 0 Å². The summed E-state index contributed by atoms with van der Waals surface area (Å²) in [5.41, 5.74) is 3.84. The van der Waals surface area contributed by atoms with Gasteiger partial charge in [0.05, 0.1) is 4.88 Å². The maximum absolute atomic E-state index is 12.8. The average molecular weight is 438 g/mol. The summed E-state index contributed by atoms with van der Waals surface area (Å²) in [6.07, 6.45) is 7.44. The number of piperidine rings is 2. The third-order valence-electron chi connectivity index (χ3n) is 7.53. The van der Waals surface area contributed by atoms with Crippen molar-refractivity contribution < 1.29 is 4.79 Å². The zero-order valence-electron chi connectivity index (χ0n) is 18.7. The Morgan fingerprint density at radius 2 is 1.65 bits per heavy atom. The van der Waals surface area contributed by atoms with Crippen LogP contribution >= 0.6 is 11.3 Å². The van der Waals surface area contributed by atoms with Crippen LogP contribution in [0.1, 0.15) is 65.2 Å². The number of carbonyl (C=O) groups excluding carboxylic acids is 1. The number of amides is 1. The van der Waals surface area contributed by atoms with Crippen LogP contribution in [-0.2, 0) is 0 Å². The van der Waals surface area contributed by atoms with Crippen LogP contribution in [0.5, 0.6) is 0 Å². The van der Waals surface area contributed by atoms with Crippen molar-refractivity contribution in [2.24, 2.45) is 0 Å². The monoisotopic (exact) mass is 437 g/mol. The van der Waals surface area contributed by atoms with Crippen molar-refractivity contribution in [2.45, 2.75) is 57.4 Å². The first-order chi connectivity index (χ1) is 15.2. The second-order valence-electron chi connectivity index (χ2n) is 9.54. The summed E-state index contributed by atoms with van der Waals surface area (Å²) in [6.45, 7) is 8.74. The van der Waals surface area contributed by atoms with E-state index in [1.807, 2.05) is 4.90 Å². The predicted octanol–water partition coefficient (Wildman–Crippen LogP) is 4.89. The first kappa shape index (κ1) is 21.2. The van der Waals surface area contributed by atoms with E-state index in [0.717, 1.165) is 42.4 Å². The van der Waals surface area contributed by atoms with Gasteiger partial charge in [-0.2, -0.15) is 0 Å². The molecule has 0 aliphatic carbocycles. The lowest BCUT2D eigenvalue weighted by molar-refractivity contribution is 0.0797. The lowest BCUT2D eigenvalue weighted by Gasteiger charge is -2.39. The third kappa shape index (κ3) is 4.59. The lowest BCUT2D eigenvalue weighted by atomic mass is 9.87. The highest BCUT2D eigenvalue weighted by Gasteiger charge is 2.27. The molecule has 3 saturated heterocycles. The quantitative estimate of drug-likeness (QED) is 0.740. The molecule has 0 atom stereocenters. The van der Waals surface area contributed by atoms with Gasteiger partial charge in [0, 0.05) is 24.0 Å². The van der Waals surface area contributed by atoms with Crippen molar-refractivity contribution in [3.05, 3.63) is 46.3 Å². The van der Waals surface area contributed by atoms with E-state index in [1.165, 1.54) is 67.9 Å². The van der Waals surface area contributed by atoms with Gasteiger partial charge < -0.3 is 15.1 Å². The molecule has 3 fully saturated rings. The van der Waals surface area contributed by atoms with E-state index in [-0.39, 0.29) is 5.91 Å². The summed E-state index contributed by atoms with van der Waals surface area (Å²) in [4.78, 5) is 19.7. The molecule has 4 heterocycles. The maximum Gasteiger partial charge on any atom is 0.264 e. The van der Waals surface area contributed by atoms with Gasteiger partial charge in [-0.05, 0) is 100 Å². The smallest absolute Gasteiger partial charge is 0.264 e. The van der Waals surface area contributed by atoms with Crippen molar-refractivity contribution in [3.8, 4) is 10.4 Å². The summed E-state index contributed by atoms with van der Waals surface area (Å²) in [6, 6.07) is 12.2. The summed E-state index contributed by atoms with van der Waals surface area (Å²) in [5.74, 6) is 0.910. The van der Waals surface area contributed by atoms with E-state index in [2.05, 4.69) is 47.5 Å². The second-order valence-corrected chi connectivity index (χ2v) is 10.6. The predicted molar refractivity (Wildman–Crippen MR) is 129 cm³/mol. The number of aryl methyl sites for hydroxylation is 1. The molecule has 166 valence electrons. The number of hydrogen-bond acceptors (Lipinski definition) is 4. The number of nitrogens with zero attached hydrogens (tertiary/aromatic N) is 2. The Morgan fingerprint density at radius 1 is 0.968 bits per heavy atom. The normalized spacial score (nSPS) is 21.6. The van der Waals surface area contributed by atoms with Crippen LogP contribution in [-0.4, -0.2) is 61.0 Å². The average Bonchev–Trinajstić information content (AvgIpc) is 3.50. The molecule has 1 aromatic heterocycles. The molecule has 0 unspecified atom stereocenters. The van der Waals surface area contributed by atoms with Crippen molar-refractivity contribution in [1.29, 1.82) is 0 Å². The summed E-state index contributed by atoms with van der Waals surface area (Å²) >= 11 is 1.66. The minimum atomic E-state index is 0.225. The number of nitrogens with one attached hydrogen (secondary N) is 1. The van der Waals surface area contributed by atoms with Gasteiger partial charge in [-0.1, -0.05) is 24.3 Å². The van der Waals surface area contributed by atoms with Gasteiger partial charge in [-0.25, -0.2) is 0 Å². The van der Waals surface area contributed by atoms with Crippen LogP contribution in [0.4, 0.5) is 0 Å². The van der Waals surface area contributed by atoms with Gasteiger partial charge in [0.15, 0.2) is 0 Å². The minimum Gasteiger partial charge on any atom is -0.338 e. The lowest BCUT2D eigenvalue weighted by Crippen LogP contribution is -2.46. The molecule has 31 heavy (non-hydrogen) atoms. The number of thiophene rings is 1. The molecular formula is C26H35N3OS. The first-order valence-electron chi connectivity index (χ1n) is 12.1. The highest BCUT2D eigenvalue weighted by atomic mass is 32.1. The molecule has 0 spiro atoms. The van der Waals surface area contributed by atoms with Crippen molar-refractivity contribution in [1.82, 2.24) is 15.1 Å². The largest absolute Gasteiger partial charge is 0.338 e. The SMILES string of the molecule is Cc1cc(-c2ccc(C3CCN(C4CCNCC4)CC3)cc2)sc1C(=O)N1CCCC1. The Balaban J connectivity index is 1.22. The standard InChI is InChI=1S/C26H35N3OS/c1-19-18-24(31-25(19)26(30)29-14-2-3-15-29)22-6-4-20(5-7-22)21-10-16-28(17-11-21)23-8-12-27-13-9-23/h4-7,18,21,23,27H,2-3,8-17H2,1H3. The summed E-state index contributed by atoms with van der Waals surface area (Å²) in [5, 5.41) is 3.49.